The van der Waals surface area contributed by atoms with E-state index in [1.807, 2.05) is 6.92 Å². The summed E-state index contributed by atoms with van der Waals surface area (Å²) in [5, 5.41) is 9.89. The van der Waals surface area contributed by atoms with Crippen LogP contribution in [0.15, 0.2) is 53.4 Å². The molecule has 1 N–H and O–H groups in total. The molecule has 3 aromatic rings. The molecule has 2 aromatic carbocycles. The van der Waals surface area contributed by atoms with Crippen molar-refractivity contribution in [2.45, 2.75) is 18.4 Å². The van der Waals surface area contributed by atoms with E-state index in [0.717, 1.165) is 9.54 Å². The van der Waals surface area contributed by atoms with Gasteiger partial charge in [-0.2, -0.15) is 0 Å². The smallest absolute Gasteiger partial charge is 0.268 e. The number of benzene rings is 2. The zero-order chi connectivity index (χ0) is 15.9. The summed E-state index contributed by atoms with van der Waals surface area (Å²) in [6.07, 6.45) is 0. The normalized spacial score (nSPS) is 12.0. The molecule has 0 atom stereocenters. The first kappa shape index (κ1) is 14.7. The molecule has 0 saturated heterocycles. The molecule has 0 saturated carbocycles. The lowest BCUT2D eigenvalue weighted by atomic mass is 10.2. The molecule has 114 valence electrons. The van der Waals surface area contributed by atoms with Gasteiger partial charge in [-0.25, -0.2) is 16.8 Å². The second-order valence-electron chi connectivity index (χ2n) is 5.08. The van der Waals surface area contributed by atoms with Crippen molar-refractivity contribution in [3.8, 4) is 0 Å². The molecule has 0 aliphatic carbocycles. The van der Waals surface area contributed by atoms with Crippen LogP contribution in [0.1, 0.15) is 11.3 Å². The summed E-state index contributed by atoms with van der Waals surface area (Å²) in [6.45, 7) is 1.41. The van der Waals surface area contributed by atoms with Crippen molar-refractivity contribution in [2.75, 3.05) is 0 Å². The van der Waals surface area contributed by atoms with Crippen molar-refractivity contribution in [3.63, 3.8) is 0 Å². The quantitative estimate of drug-likeness (QED) is 0.807. The number of hydrogen-bond acceptors (Lipinski definition) is 3. The highest BCUT2D eigenvalue weighted by atomic mass is 32.2. The van der Waals surface area contributed by atoms with Gasteiger partial charge in [-0.15, -0.1) is 0 Å². The number of aliphatic hydroxyl groups excluding tert-OH is 1. The van der Waals surface area contributed by atoms with Gasteiger partial charge in [0.15, 0.2) is 0 Å². The highest BCUT2D eigenvalue weighted by Crippen LogP contribution is 2.26. The third-order valence-electron chi connectivity index (χ3n) is 3.51. The van der Waals surface area contributed by atoms with E-state index >= 15 is 0 Å². The number of nitrogens with zero attached hydrogens (tertiary/aromatic N) is 1. The summed E-state index contributed by atoms with van der Waals surface area (Å²) in [7, 11) is -3.86. The first-order chi connectivity index (χ1) is 10.4. The maximum absolute atomic E-state index is 13.3. The van der Waals surface area contributed by atoms with Crippen LogP contribution in [0.5, 0.6) is 0 Å². The van der Waals surface area contributed by atoms with Crippen LogP contribution in [0.4, 0.5) is 4.39 Å². The Kier molecular flexibility index (Phi) is 3.50. The van der Waals surface area contributed by atoms with Crippen molar-refractivity contribution in [1.82, 2.24) is 3.97 Å². The Morgan fingerprint density at radius 1 is 1.09 bits per heavy atom. The first-order valence-corrected chi connectivity index (χ1v) is 8.10. The number of aromatic nitrogens is 1. The van der Waals surface area contributed by atoms with Gasteiger partial charge in [-0.05, 0) is 43.3 Å². The lowest BCUT2D eigenvalue weighted by Gasteiger charge is -2.11. The monoisotopic (exact) mass is 319 g/mol. The second-order valence-corrected chi connectivity index (χ2v) is 6.87. The van der Waals surface area contributed by atoms with Crippen LogP contribution in [0, 0.1) is 12.7 Å². The van der Waals surface area contributed by atoms with Crippen molar-refractivity contribution in [3.05, 3.63) is 65.6 Å². The molecule has 1 aromatic heterocycles. The molecule has 22 heavy (non-hydrogen) atoms. The summed E-state index contributed by atoms with van der Waals surface area (Å²) in [5.41, 5.74) is 1.48. The molecule has 0 aliphatic heterocycles. The summed E-state index contributed by atoms with van der Waals surface area (Å²) >= 11 is 0. The Bertz CT molecular complexity index is 943. The fourth-order valence-corrected chi connectivity index (χ4v) is 3.96. The Hall–Kier alpha value is -2.18. The van der Waals surface area contributed by atoms with Gasteiger partial charge in [0.1, 0.15) is 5.82 Å². The molecule has 0 amide bonds. The predicted molar refractivity (Wildman–Crippen MR) is 81.6 cm³/mol. The molecule has 0 unspecified atom stereocenters. The maximum atomic E-state index is 13.3. The molecule has 0 aliphatic rings. The van der Waals surface area contributed by atoms with E-state index in [1.54, 1.807) is 12.1 Å². The Balaban J connectivity index is 2.30. The minimum Gasteiger partial charge on any atom is -0.390 e. The van der Waals surface area contributed by atoms with Gasteiger partial charge in [-0.1, -0.05) is 17.7 Å². The minimum absolute atomic E-state index is 0.120. The summed E-state index contributed by atoms with van der Waals surface area (Å²) in [6, 6.07) is 11.8. The molecule has 1 heterocycles. The van der Waals surface area contributed by atoms with Crippen LogP contribution in [0.2, 0.25) is 0 Å². The second kappa shape index (κ2) is 5.23. The van der Waals surface area contributed by atoms with Crippen molar-refractivity contribution in [1.29, 1.82) is 0 Å². The molecule has 3 rings (SSSR count). The molecule has 6 heteroatoms. The maximum Gasteiger partial charge on any atom is 0.268 e. The third kappa shape index (κ3) is 2.30. The van der Waals surface area contributed by atoms with E-state index in [4.69, 9.17) is 0 Å². The summed E-state index contributed by atoms with van der Waals surface area (Å²) < 4.78 is 40.1. The Labute approximate surface area is 127 Å². The van der Waals surface area contributed by atoms with E-state index in [2.05, 4.69) is 0 Å². The molecule has 0 spiro atoms. The van der Waals surface area contributed by atoms with Crippen LogP contribution >= 0.6 is 0 Å². The number of fused-ring (bicyclic) bond motifs is 1. The largest absolute Gasteiger partial charge is 0.390 e. The van der Waals surface area contributed by atoms with E-state index in [-0.39, 0.29) is 10.6 Å². The number of aryl methyl sites for hydroxylation is 1. The van der Waals surface area contributed by atoms with Crippen LogP contribution in [0.25, 0.3) is 10.9 Å². The number of halogens is 1. The highest BCUT2D eigenvalue weighted by molar-refractivity contribution is 7.90. The van der Waals surface area contributed by atoms with E-state index in [9.17, 15) is 17.9 Å². The lowest BCUT2D eigenvalue weighted by Crippen LogP contribution is -2.15. The standard InChI is InChI=1S/C16H14FNO3S/c1-11-2-5-15(6-3-11)22(20,21)18-14(10-19)9-12-8-13(17)4-7-16(12)18/h2-9,19H,10H2,1H3. The molecule has 4 nitrogen and oxygen atoms in total. The fraction of sp³-hybridized carbons (Fsp3) is 0.125. The minimum atomic E-state index is -3.86. The number of rotatable bonds is 3. The molecule has 0 fully saturated rings. The van der Waals surface area contributed by atoms with Crippen LogP contribution in [-0.2, 0) is 16.6 Å². The molecular formula is C16H14FNO3S. The van der Waals surface area contributed by atoms with Gasteiger partial charge in [0, 0.05) is 5.39 Å². The van der Waals surface area contributed by atoms with Gasteiger partial charge < -0.3 is 5.11 Å². The van der Waals surface area contributed by atoms with Gasteiger partial charge in [0.05, 0.1) is 22.7 Å². The van der Waals surface area contributed by atoms with E-state index in [0.29, 0.717) is 10.9 Å². The van der Waals surface area contributed by atoms with Crippen molar-refractivity contribution < 1.29 is 17.9 Å². The van der Waals surface area contributed by atoms with Gasteiger partial charge in [0.25, 0.3) is 10.0 Å². The third-order valence-corrected chi connectivity index (χ3v) is 5.29. The fourth-order valence-electron chi connectivity index (χ4n) is 2.43. The van der Waals surface area contributed by atoms with Gasteiger partial charge in [0.2, 0.25) is 0 Å². The SMILES string of the molecule is Cc1ccc(S(=O)(=O)n2c(CO)cc3cc(F)ccc32)cc1. The molecular weight excluding hydrogens is 305 g/mol. The van der Waals surface area contributed by atoms with Gasteiger partial charge in [-0.3, -0.25) is 0 Å². The molecule has 0 bridgehead atoms. The van der Waals surface area contributed by atoms with Crippen LogP contribution in [0.3, 0.4) is 0 Å². The average molecular weight is 319 g/mol. The van der Waals surface area contributed by atoms with Crippen LogP contribution in [-0.4, -0.2) is 17.5 Å². The average Bonchev–Trinajstić information content (AvgIpc) is 2.85. The van der Waals surface area contributed by atoms with E-state index in [1.165, 1.54) is 36.4 Å². The highest BCUT2D eigenvalue weighted by Gasteiger charge is 2.22. The predicted octanol–water partition coefficient (Wildman–Crippen LogP) is 2.82. The Morgan fingerprint density at radius 3 is 2.41 bits per heavy atom. The number of hydrogen-bond donors (Lipinski definition) is 1. The summed E-state index contributed by atoms with van der Waals surface area (Å²) in [5.74, 6) is -0.457. The molecule has 0 radical (unpaired) electrons. The lowest BCUT2D eigenvalue weighted by molar-refractivity contribution is 0.276. The van der Waals surface area contributed by atoms with Gasteiger partial charge >= 0.3 is 0 Å². The van der Waals surface area contributed by atoms with Crippen molar-refractivity contribution in [2.24, 2.45) is 0 Å². The van der Waals surface area contributed by atoms with Crippen LogP contribution < -0.4 is 0 Å². The topological polar surface area (TPSA) is 59.3 Å². The van der Waals surface area contributed by atoms with E-state index < -0.39 is 22.4 Å². The zero-order valence-corrected chi connectivity index (χ0v) is 12.6. The first-order valence-electron chi connectivity index (χ1n) is 6.66. The number of aliphatic hydroxyl groups is 1. The summed E-state index contributed by atoms with van der Waals surface area (Å²) in [4.78, 5) is 0.120. The Morgan fingerprint density at radius 2 is 1.77 bits per heavy atom. The zero-order valence-electron chi connectivity index (χ0n) is 11.8. The van der Waals surface area contributed by atoms with Crippen molar-refractivity contribution >= 4 is 20.9 Å².